The predicted octanol–water partition coefficient (Wildman–Crippen LogP) is 5.30. The molecule has 0 aromatic heterocycles. The second-order valence-electron chi connectivity index (χ2n) is 33.3. The van der Waals surface area contributed by atoms with Gasteiger partial charge in [0.2, 0.25) is 76.8 Å². The van der Waals surface area contributed by atoms with Crippen LogP contribution in [-0.2, 0) is 67.1 Å². The first-order chi connectivity index (χ1) is 50.4. The van der Waals surface area contributed by atoms with Gasteiger partial charge in [-0.1, -0.05) is 147 Å². The lowest BCUT2D eigenvalue weighted by Crippen LogP contribution is -2.62. The lowest BCUT2D eigenvalue weighted by atomic mass is 9.84. The lowest BCUT2D eigenvalue weighted by molar-refractivity contribution is -0.151. The molecule has 610 valence electrons. The van der Waals surface area contributed by atoms with Gasteiger partial charge in [-0.2, -0.15) is 0 Å². The third-order valence-corrected chi connectivity index (χ3v) is 21.8. The molecule has 11 atom stereocenters. The smallest absolute Gasteiger partial charge is 0.248 e. The number of carbonyl (C=O) groups excluding carboxylic acids is 13. The van der Waals surface area contributed by atoms with Crippen LogP contribution in [0, 0.1) is 41.4 Å². The highest BCUT2D eigenvalue weighted by Crippen LogP contribution is 2.32. The van der Waals surface area contributed by atoms with Crippen molar-refractivity contribution in [2.24, 2.45) is 41.4 Å². The molecule has 4 aliphatic rings. The van der Waals surface area contributed by atoms with Crippen LogP contribution in [-0.4, -0.2) is 264 Å². The summed E-state index contributed by atoms with van der Waals surface area (Å²) in [5, 5.41) is 28.4. The minimum Gasteiger partial charge on any atom is -0.391 e. The maximum atomic E-state index is 15.7. The molecule has 7 N–H and O–H groups in total. The molecule has 4 fully saturated rings. The molecule has 0 bridgehead atoms. The monoisotopic (exact) mass is 1510 g/mol. The molecule has 0 aromatic carbocycles. The molecule has 2 aliphatic carbocycles. The normalized spacial score (nSPS) is 26.2. The summed E-state index contributed by atoms with van der Waals surface area (Å²) in [6.45, 7) is 20.8. The van der Waals surface area contributed by atoms with Crippen LogP contribution in [0.15, 0.2) is 0 Å². The van der Waals surface area contributed by atoms with Crippen molar-refractivity contribution < 1.29 is 72.2 Å². The maximum absolute atomic E-state index is 15.7. The summed E-state index contributed by atoms with van der Waals surface area (Å²) in [5.41, 5.74) is 0. The van der Waals surface area contributed by atoms with E-state index < -0.39 is 169 Å². The molecule has 28 nitrogen and oxygen atoms in total. The molecular weight excluding hydrogens is 1370 g/mol. The summed E-state index contributed by atoms with van der Waals surface area (Å²) in [5.74, 6) is -9.89. The molecule has 13 amide bonds. The van der Waals surface area contributed by atoms with Crippen LogP contribution < -0.4 is 31.9 Å². The van der Waals surface area contributed by atoms with Crippen LogP contribution in [0.5, 0.6) is 0 Å². The Bertz CT molecular complexity index is 2910. The fourth-order valence-electron chi connectivity index (χ4n) is 15.4. The molecule has 0 radical (unpaired) electrons. The molecule has 2 aliphatic heterocycles. The van der Waals surface area contributed by atoms with Crippen LogP contribution in [0.2, 0.25) is 0 Å². The number of aliphatic hydroxyl groups excluding tert-OH is 1. The molecule has 0 unspecified atom stereocenters. The van der Waals surface area contributed by atoms with E-state index in [-0.39, 0.29) is 92.9 Å². The third-order valence-electron chi connectivity index (χ3n) is 21.8. The van der Waals surface area contributed by atoms with Crippen LogP contribution >= 0.6 is 0 Å². The van der Waals surface area contributed by atoms with E-state index in [0.29, 0.717) is 45.2 Å². The van der Waals surface area contributed by atoms with E-state index in [1.807, 2.05) is 76.2 Å². The number of nitrogens with zero attached hydrogens (tertiary/aromatic N) is 7. The second-order valence-corrected chi connectivity index (χ2v) is 33.3. The summed E-state index contributed by atoms with van der Waals surface area (Å²) >= 11 is 0. The first kappa shape index (κ1) is 92.4. The number of carbonyl (C=O) groups is 13. The fraction of sp³-hybridized carbons (Fsp3) is 0.835. The maximum Gasteiger partial charge on any atom is 0.248 e. The number of ether oxygens (including phenoxy) is 1. The van der Waals surface area contributed by atoms with Crippen molar-refractivity contribution in [1.82, 2.24) is 66.2 Å². The lowest BCUT2D eigenvalue weighted by Gasteiger charge is -2.38. The Morgan fingerprint density at radius 3 is 1.40 bits per heavy atom. The molecule has 107 heavy (non-hydrogen) atoms. The SMILES string of the molecule is CCCCN1CC(=O)N(C)[C@@H](CC(C)C)C(=O)N[C@@H](COCC(=O)NC)C(=O)N(C)[C@@H](CCC2CCCCC2)C(=O)N(C)[C@@H](CC(C)C)C(=O)N[C@H](C(=O)N2CCCCC2)CC(=O)N[C@H](CC(C)C)C(=O)N(C)[C@@H](CC(C)C)C(=O)N[C@@H](CC2CCCCC2)C(=O)N(C)[C@@H](CC(C)C)C(=O)N[C@@H]([C@@H](C)O)C1=O. The Morgan fingerprint density at radius 2 is 0.916 bits per heavy atom. The summed E-state index contributed by atoms with van der Waals surface area (Å²) in [6, 6.07) is -13.5. The van der Waals surface area contributed by atoms with Gasteiger partial charge in [-0.05, 0) is 125 Å². The average Bonchev–Trinajstić information content (AvgIpc) is 0.823. The van der Waals surface area contributed by atoms with E-state index in [1.54, 1.807) is 4.90 Å². The van der Waals surface area contributed by atoms with Gasteiger partial charge >= 0.3 is 0 Å². The van der Waals surface area contributed by atoms with Crippen LogP contribution in [0.1, 0.15) is 237 Å². The molecule has 0 aromatic rings. The van der Waals surface area contributed by atoms with Crippen LogP contribution in [0.25, 0.3) is 0 Å². The zero-order chi connectivity index (χ0) is 80.1. The quantitative estimate of drug-likeness (QED) is 0.0645. The number of aliphatic hydroxyl groups is 1. The summed E-state index contributed by atoms with van der Waals surface area (Å²) in [6.07, 6.45) is 11.4. The first-order valence-corrected chi connectivity index (χ1v) is 40.3. The fourth-order valence-corrected chi connectivity index (χ4v) is 15.4. The van der Waals surface area contributed by atoms with Gasteiger partial charge in [-0.3, -0.25) is 62.3 Å². The summed E-state index contributed by atoms with van der Waals surface area (Å²) in [4.78, 5) is 204. The highest BCUT2D eigenvalue weighted by atomic mass is 16.5. The number of nitrogens with one attached hydrogen (secondary N) is 6. The average molecular weight is 1510 g/mol. The van der Waals surface area contributed by atoms with Gasteiger partial charge in [-0.25, -0.2) is 0 Å². The van der Waals surface area contributed by atoms with E-state index >= 15 is 43.2 Å². The highest BCUT2D eigenvalue weighted by Gasteiger charge is 2.44. The van der Waals surface area contributed by atoms with E-state index in [4.69, 9.17) is 4.74 Å². The molecule has 28 heteroatoms. The van der Waals surface area contributed by atoms with E-state index in [9.17, 15) is 24.3 Å². The topological polar surface area (TPSA) is 346 Å². The Hall–Kier alpha value is -6.97. The van der Waals surface area contributed by atoms with Gasteiger partial charge < -0.3 is 76.0 Å². The van der Waals surface area contributed by atoms with Crippen molar-refractivity contribution in [1.29, 1.82) is 0 Å². The largest absolute Gasteiger partial charge is 0.391 e. The molecule has 2 saturated heterocycles. The van der Waals surface area contributed by atoms with Crippen molar-refractivity contribution in [3.05, 3.63) is 0 Å². The Labute approximate surface area is 639 Å². The van der Waals surface area contributed by atoms with Gasteiger partial charge in [-0.15, -0.1) is 0 Å². The zero-order valence-corrected chi connectivity index (χ0v) is 68.4. The van der Waals surface area contributed by atoms with E-state index in [2.05, 4.69) is 31.9 Å². The van der Waals surface area contributed by atoms with E-state index in [0.717, 1.165) is 70.6 Å². The second kappa shape index (κ2) is 45.9. The first-order valence-electron chi connectivity index (χ1n) is 40.3. The predicted molar refractivity (Wildman–Crippen MR) is 410 cm³/mol. The van der Waals surface area contributed by atoms with Gasteiger partial charge in [0.1, 0.15) is 67.0 Å². The van der Waals surface area contributed by atoms with Crippen molar-refractivity contribution in [3.8, 4) is 0 Å². The number of hydrogen-bond donors (Lipinski definition) is 7. The van der Waals surface area contributed by atoms with Crippen LogP contribution in [0.4, 0.5) is 0 Å². The summed E-state index contributed by atoms with van der Waals surface area (Å²) < 4.78 is 5.83. The van der Waals surface area contributed by atoms with Crippen LogP contribution in [0.3, 0.4) is 0 Å². The standard InChI is InChI=1S/C79H139N13O15/c1-19-20-36-92-46-68(96)86(14)62(40-50(4)5)70(97)84-60(47-107-48-67(95)80-13)76(103)87(15)61(35-34-55-30-24-21-25-31-55)78(105)90(18)64(42-52(8)9)72(99)83-59(77(104)91-37-28-23-29-38-91)45-66(94)81-57(39-49(2)3)74(101)88(16)63(41-51(6)7)71(98)82-58(44-56-32-26-22-27-33-56)75(102)89(17)65(43-53(10)11)73(100)85-69(54(12)93)79(92)106/h49-65,69,93H,19-48H2,1-18H3,(H,80,95)(H,81,94)(H,82,98)(H,83,99)(H,84,97)(H,85,100)/t54-,57-,58+,59+,60+,61+,62+,63+,64+,65+,69+/m1/s1. The Kier molecular flexibility index (Phi) is 39.6. The van der Waals surface area contributed by atoms with Crippen molar-refractivity contribution in [2.75, 3.05) is 81.7 Å². The molecule has 4 rings (SSSR count). The van der Waals surface area contributed by atoms with Crippen molar-refractivity contribution >= 4 is 76.8 Å². The van der Waals surface area contributed by atoms with Crippen molar-refractivity contribution in [2.45, 2.75) is 304 Å². The molecular formula is C79H139N13O15. The number of hydrogen-bond acceptors (Lipinski definition) is 15. The minimum atomic E-state index is -1.65. The number of piperidine rings is 1. The number of amides is 13. The van der Waals surface area contributed by atoms with Gasteiger partial charge in [0.15, 0.2) is 0 Å². The Morgan fingerprint density at radius 1 is 0.486 bits per heavy atom. The molecule has 2 heterocycles. The summed E-state index contributed by atoms with van der Waals surface area (Å²) in [7, 11) is 8.61. The Balaban J connectivity index is 2.02. The van der Waals surface area contributed by atoms with Gasteiger partial charge in [0, 0.05) is 61.9 Å². The number of unbranched alkanes of at least 4 members (excludes halogenated alkanes) is 1. The molecule has 0 spiro atoms. The third kappa shape index (κ3) is 29.4. The zero-order valence-electron chi connectivity index (χ0n) is 68.4. The minimum absolute atomic E-state index is 0.00306. The van der Waals surface area contributed by atoms with Gasteiger partial charge in [0.05, 0.1) is 25.7 Å². The number of likely N-dealkylation sites (tertiary alicyclic amines) is 1. The molecule has 2 saturated carbocycles. The number of rotatable bonds is 24. The van der Waals surface area contributed by atoms with Crippen molar-refractivity contribution in [3.63, 3.8) is 0 Å². The van der Waals surface area contributed by atoms with Gasteiger partial charge in [0.25, 0.3) is 0 Å². The van der Waals surface area contributed by atoms with E-state index in [1.165, 1.54) is 78.6 Å². The number of likely N-dealkylation sites (N-methyl/N-ethyl adjacent to an activating group) is 6. The highest BCUT2D eigenvalue weighted by molar-refractivity contribution is 6.00.